The minimum atomic E-state index is -0.307. The van der Waals surface area contributed by atoms with E-state index in [2.05, 4.69) is 74.8 Å². The van der Waals surface area contributed by atoms with E-state index >= 15 is 0 Å². The van der Waals surface area contributed by atoms with Gasteiger partial charge in [-0.15, -0.1) is 0 Å². The molecule has 148 valence electrons. The van der Waals surface area contributed by atoms with Crippen molar-refractivity contribution in [3.05, 3.63) is 51.7 Å². The van der Waals surface area contributed by atoms with Crippen LogP contribution >= 0.6 is 28.4 Å². The first-order chi connectivity index (χ1) is 13.5. The lowest BCUT2D eigenvalue weighted by molar-refractivity contribution is 0.174. The van der Waals surface area contributed by atoms with Crippen LogP contribution in [0.3, 0.4) is 0 Å². The predicted molar refractivity (Wildman–Crippen MR) is 121 cm³/mol. The number of anilines is 1. The maximum atomic E-state index is 12.5. The SMILES string of the molecule is CCc1ncccc1C(C)N1CCN(c2cnn(PI)c(=O)c2C#N)C(C)C1. The second kappa shape index (κ2) is 9.29. The molecule has 0 aromatic carbocycles. The third-order valence-electron chi connectivity index (χ3n) is 5.38. The van der Waals surface area contributed by atoms with E-state index in [0.29, 0.717) is 5.69 Å². The number of nitriles is 1. The number of rotatable bonds is 5. The molecule has 3 unspecified atom stereocenters. The van der Waals surface area contributed by atoms with Gasteiger partial charge in [-0.25, -0.2) is 4.45 Å². The molecule has 1 saturated heterocycles. The van der Waals surface area contributed by atoms with Crippen molar-refractivity contribution >= 4 is 34.1 Å². The van der Waals surface area contributed by atoms with Gasteiger partial charge in [-0.05, 0) is 53.9 Å². The van der Waals surface area contributed by atoms with E-state index in [0.717, 1.165) is 31.7 Å². The van der Waals surface area contributed by atoms with E-state index in [-0.39, 0.29) is 29.6 Å². The Kier molecular flexibility index (Phi) is 7.02. The van der Waals surface area contributed by atoms with Gasteiger partial charge in [0.05, 0.1) is 18.3 Å². The van der Waals surface area contributed by atoms with Crippen molar-refractivity contribution in [2.45, 2.75) is 39.3 Å². The van der Waals surface area contributed by atoms with Gasteiger partial charge in [0.1, 0.15) is 11.6 Å². The molecule has 28 heavy (non-hydrogen) atoms. The fourth-order valence-electron chi connectivity index (χ4n) is 3.85. The standard InChI is InChI=1S/C19H24IN6OP/c1-4-17-15(6-5-7-22-17)14(3)24-8-9-25(13(2)12-24)18-11-23-26(28-20)19(27)16(18)10-21/h5-7,11,13-14,28H,4,8-9,12H2,1-3H3. The van der Waals surface area contributed by atoms with Crippen molar-refractivity contribution in [2.24, 2.45) is 0 Å². The Morgan fingerprint density at radius 1 is 1.46 bits per heavy atom. The van der Waals surface area contributed by atoms with Gasteiger partial charge in [0, 0.05) is 43.6 Å². The smallest absolute Gasteiger partial charge is 0.290 e. The van der Waals surface area contributed by atoms with Crippen molar-refractivity contribution in [1.82, 2.24) is 19.4 Å². The zero-order valence-electron chi connectivity index (χ0n) is 16.3. The third kappa shape index (κ3) is 4.07. The Morgan fingerprint density at radius 3 is 2.89 bits per heavy atom. The van der Waals surface area contributed by atoms with E-state index in [4.69, 9.17) is 0 Å². The summed E-state index contributed by atoms with van der Waals surface area (Å²) in [5.41, 5.74) is 2.94. The molecule has 7 nitrogen and oxygen atoms in total. The van der Waals surface area contributed by atoms with Crippen LogP contribution in [0, 0.1) is 11.3 Å². The summed E-state index contributed by atoms with van der Waals surface area (Å²) in [4.78, 5) is 21.6. The van der Waals surface area contributed by atoms with Crippen LogP contribution in [0.15, 0.2) is 29.3 Å². The monoisotopic (exact) mass is 510 g/mol. The quantitative estimate of drug-likeness (QED) is 0.455. The fourth-order valence-corrected chi connectivity index (χ4v) is 5.17. The van der Waals surface area contributed by atoms with E-state index in [1.807, 2.05) is 12.3 Å². The van der Waals surface area contributed by atoms with Crippen LogP contribution in [0.2, 0.25) is 0 Å². The molecular formula is C19H24IN6OP. The summed E-state index contributed by atoms with van der Waals surface area (Å²) in [5, 5.41) is 13.8. The molecule has 3 rings (SSSR count). The van der Waals surface area contributed by atoms with Gasteiger partial charge < -0.3 is 4.90 Å². The van der Waals surface area contributed by atoms with Crippen LogP contribution in [-0.2, 0) is 6.42 Å². The van der Waals surface area contributed by atoms with Crippen LogP contribution in [0.4, 0.5) is 5.69 Å². The molecule has 0 saturated carbocycles. The van der Waals surface area contributed by atoms with Crippen LogP contribution in [0.25, 0.3) is 0 Å². The second-order valence-corrected chi connectivity index (χ2v) is 8.96. The second-order valence-electron chi connectivity index (χ2n) is 6.92. The lowest BCUT2D eigenvalue weighted by atomic mass is 10.0. The summed E-state index contributed by atoms with van der Waals surface area (Å²) >= 11 is 2.10. The van der Waals surface area contributed by atoms with Gasteiger partial charge in [0.2, 0.25) is 0 Å². The van der Waals surface area contributed by atoms with Crippen LogP contribution < -0.4 is 10.5 Å². The van der Waals surface area contributed by atoms with Crippen LogP contribution in [-0.4, -0.2) is 45.1 Å². The molecule has 0 radical (unpaired) electrons. The summed E-state index contributed by atoms with van der Waals surface area (Å²) < 4.78 is 1.35. The highest BCUT2D eigenvalue weighted by Crippen LogP contribution is 2.29. The van der Waals surface area contributed by atoms with Crippen molar-refractivity contribution in [3.8, 4) is 6.07 Å². The van der Waals surface area contributed by atoms with Crippen LogP contribution in [0.1, 0.15) is 43.6 Å². The lowest BCUT2D eigenvalue weighted by Crippen LogP contribution is -2.53. The Bertz CT molecular complexity index is 943. The molecule has 3 atom stereocenters. The highest BCUT2D eigenvalue weighted by atomic mass is 127. The minimum absolute atomic E-state index is 0.171. The molecule has 2 aromatic heterocycles. The molecule has 3 heterocycles. The van der Waals surface area contributed by atoms with E-state index in [9.17, 15) is 10.1 Å². The normalized spacial score (nSPS) is 19.1. The van der Waals surface area contributed by atoms with E-state index in [1.165, 1.54) is 10.0 Å². The van der Waals surface area contributed by atoms with E-state index < -0.39 is 0 Å². The van der Waals surface area contributed by atoms with Gasteiger partial charge in [-0.2, -0.15) is 10.4 Å². The summed E-state index contributed by atoms with van der Waals surface area (Å²) in [6, 6.07) is 6.70. The predicted octanol–water partition coefficient (Wildman–Crippen LogP) is 3.14. The molecule has 9 heteroatoms. The summed E-state index contributed by atoms with van der Waals surface area (Å²) in [6.45, 7) is 8.94. The molecule has 1 aliphatic rings. The van der Waals surface area contributed by atoms with Crippen LogP contribution in [0.5, 0.6) is 0 Å². The number of piperazine rings is 1. The molecule has 0 aliphatic carbocycles. The number of hydrogen-bond donors (Lipinski definition) is 0. The molecular weight excluding hydrogens is 486 g/mol. The highest BCUT2D eigenvalue weighted by Gasteiger charge is 2.30. The number of hydrogen-bond acceptors (Lipinski definition) is 6. The molecule has 1 aliphatic heterocycles. The zero-order chi connectivity index (χ0) is 20.3. The first-order valence-electron chi connectivity index (χ1n) is 9.35. The average molecular weight is 510 g/mol. The number of aryl methyl sites for hydroxylation is 1. The molecule has 0 amide bonds. The maximum absolute atomic E-state index is 12.5. The van der Waals surface area contributed by atoms with E-state index in [1.54, 1.807) is 6.20 Å². The van der Waals surface area contributed by atoms with Gasteiger partial charge in [0.15, 0.2) is 0 Å². The number of aromatic nitrogens is 3. The zero-order valence-corrected chi connectivity index (χ0v) is 19.4. The average Bonchev–Trinajstić information content (AvgIpc) is 2.73. The molecule has 0 N–H and O–H groups in total. The Morgan fingerprint density at radius 2 is 2.25 bits per heavy atom. The molecule has 2 aromatic rings. The summed E-state index contributed by atoms with van der Waals surface area (Å²) in [7, 11) is 0. The van der Waals surface area contributed by atoms with Crippen molar-refractivity contribution < 1.29 is 0 Å². The van der Waals surface area contributed by atoms with Crippen molar-refractivity contribution in [2.75, 3.05) is 24.5 Å². The topological polar surface area (TPSA) is 78.1 Å². The molecule has 0 bridgehead atoms. The number of nitrogens with zero attached hydrogens (tertiary/aromatic N) is 6. The highest BCUT2D eigenvalue weighted by molar-refractivity contribution is 14.2. The van der Waals surface area contributed by atoms with Gasteiger partial charge in [-0.1, -0.05) is 13.0 Å². The summed E-state index contributed by atoms with van der Waals surface area (Å²) in [6.07, 6.45) is 4.62. The number of halogens is 1. The van der Waals surface area contributed by atoms with Crippen molar-refractivity contribution in [3.63, 3.8) is 0 Å². The first-order valence-corrected chi connectivity index (χ1v) is 13.4. The van der Waals surface area contributed by atoms with Crippen molar-refractivity contribution in [1.29, 1.82) is 5.26 Å². The third-order valence-corrected chi connectivity index (χ3v) is 7.23. The van der Waals surface area contributed by atoms with Gasteiger partial charge >= 0.3 is 0 Å². The number of pyridine rings is 1. The Hall–Kier alpha value is -1.56. The first kappa shape index (κ1) is 21.2. The fraction of sp³-hybridized carbons (Fsp3) is 0.474. The maximum Gasteiger partial charge on any atom is 0.290 e. The Labute approximate surface area is 180 Å². The summed E-state index contributed by atoms with van der Waals surface area (Å²) in [5.74, 6) is 0. The molecule has 1 fully saturated rings. The lowest BCUT2D eigenvalue weighted by Gasteiger charge is -2.43. The van der Waals surface area contributed by atoms with Gasteiger partial charge in [-0.3, -0.25) is 14.7 Å². The van der Waals surface area contributed by atoms with Gasteiger partial charge in [0.25, 0.3) is 5.56 Å². The minimum Gasteiger partial charge on any atom is -0.364 e. The molecule has 0 spiro atoms. The largest absolute Gasteiger partial charge is 0.364 e. The Balaban J connectivity index is 1.82.